The fraction of sp³-hybridized carbons (Fsp3) is 0.348. The van der Waals surface area contributed by atoms with Crippen molar-refractivity contribution in [2.45, 2.75) is 26.8 Å². The van der Waals surface area contributed by atoms with E-state index in [4.69, 9.17) is 4.99 Å². The summed E-state index contributed by atoms with van der Waals surface area (Å²) in [4.78, 5) is 20.0. The molecule has 0 amide bonds. The number of hydrogen-bond acceptors (Lipinski definition) is 4. The number of aliphatic hydroxyl groups excluding tert-OH is 1. The van der Waals surface area contributed by atoms with Crippen LogP contribution in [-0.2, 0) is 4.79 Å². The van der Waals surface area contributed by atoms with Crippen molar-refractivity contribution in [1.82, 2.24) is 0 Å². The van der Waals surface area contributed by atoms with Crippen LogP contribution in [-0.4, -0.2) is 59.7 Å². The van der Waals surface area contributed by atoms with Gasteiger partial charge >= 0.3 is 0 Å². The van der Waals surface area contributed by atoms with Gasteiger partial charge in [0.05, 0.1) is 12.3 Å². The minimum Gasteiger partial charge on any atom is -0.395 e. The molecule has 0 aliphatic carbocycles. The molecule has 0 saturated carbocycles. The largest absolute Gasteiger partial charge is 0.395 e. The van der Waals surface area contributed by atoms with Gasteiger partial charge in [0.15, 0.2) is 11.8 Å². The number of ketones is 1. The van der Waals surface area contributed by atoms with Gasteiger partial charge in [-0.3, -0.25) is 4.79 Å². The van der Waals surface area contributed by atoms with Crippen LogP contribution in [0.25, 0.3) is 0 Å². The minimum atomic E-state index is -0.0803. The molecule has 5 nitrogen and oxygen atoms in total. The zero-order chi connectivity index (χ0) is 20.3. The molecule has 2 aromatic carbocycles. The van der Waals surface area contributed by atoms with E-state index < -0.39 is 0 Å². The van der Waals surface area contributed by atoms with Gasteiger partial charge in [-0.25, -0.2) is 9.57 Å². The third kappa shape index (κ3) is 3.76. The van der Waals surface area contributed by atoms with Crippen LogP contribution in [0, 0.1) is 6.92 Å². The van der Waals surface area contributed by atoms with Gasteiger partial charge in [0, 0.05) is 31.3 Å². The first-order chi connectivity index (χ1) is 13.5. The van der Waals surface area contributed by atoms with Crippen molar-refractivity contribution in [2.24, 2.45) is 4.99 Å². The molecule has 1 heterocycles. The predicted octanol–water partition coefficient (Wildman–Crippen LogP) is 2.99. The zero-order valence-corrected chi connectivity index (χ0v) is 17.0. The maximum absolute atomic E-state index is 13.1. The summed E-state index contributed by atoms with van der Waals surface area (Å²) in [6.07, 6.45) is 0. The van der Waals surface area contributed by atoms with Gasteiger partial charge in [0.25, 0.3) is 11.5 Å². The molecule has 0 saturated heterocycles. The van der Waals surface area contributed by atoms with Crippen LogP contribution in [0.4, 0.5) is 11.4 Å². The Morgan fingerprint density at radius 2 is 1.89 bits per heavy atom. The molecular formula is C23H28N3O2+. The van der Waals surface area contributed by atoms with Gasteiger partial charge in [-0.2, -0.15) is 0 Å². The number of benzene rings is 2. The normalized spacial score (nSPS) is 18.2. The Morgan fingerprint density at radius 3 is 2.50 bits per heavy atom. The SMILES string of the molecule is CCN(CCO)c1ccc(N=C2C(=O)C(c3ccccc3)=[N+](C)C2C)c(C)c1. The third-order valence-corrected chi connectivity index (χ3v) is 5.36. The molecule has 0 fully saturated rings. The van der Waals surface area contributed by atoms with Crippen molar-refractivity contribution in [3.63, 3.8) is 0 Å². The highest BCUT2D eigenvalue weighted by molar-refractivity contribution is 6.71. The van der Waals surface area contributed by atoms with Crippen molar-refractivity contribution in [3.8, 4) is 0 Å². The van der Waals surface area contributed by atoms with Crippen molar-refractivity contribution in [3.05, 3.63) is 59.7 Å². The van der Waals surface area contributed by atoms with E-state index in [0.29, 0.717) is 18.0 Å². The van der Waals surface area contributed by atoms with E-state index in [2.05, 4.69) is 17.9 Å². The molecular weight excluding hydrogens is 350 g/mol. The molecule has 2 aromatic rings. The quantitative estimate of drug-likeness (QED) is 0.786. The number of carbonyl (C=O) groups excluding carboxylic acids is 1. The number of nitrogens with zero attached hydrogens (tertiary/aromatic N) is 3. The van der Waals surface area contributed by atoms with E-state index in [1.165, 1.54) is 0 Å². The number of Topliss-reactive ketones (excluding diaryl/α,β-unsaturated/α-hetero) is 1. The second-order valence-corrected chi connectivity index (χ2v) is 7.10. The maximum Gasteiger partial charge on any atom is 0.277 e. The second-order valence-electron chi connectivity index (χ2n) is 7.10. The van der Waals surface area contributed by atoms with Crippen LogP contribution in [0.15, 0.2) is 53.5 Å². The Hall–Kier alpha value is -2.79. The smallest absolute Gasteiger partial charge is 0.277 e. The summed E-state index contributed by atoms with van der Waals surface area (Å²) in [5.74, 6) is -0.0138. The number of anilines is 1. The number of aliphatic hydroxyl groups is 1. The van der Waals surface area contributed by atoms with Crippen molar-refractivity contribution in [1.29, 1.82) is 0 Å². The highest BCUT2D eigenvalue weighted by atomic mass is 16.3. The van der Waals surface area contributed by atoms with Gasteiger partial charge in [-0.05, 0) is 49.7 Å². The molecule has 146 valence electrons. The first-order valence-electron chi connectivity index (χ1n) is 9.72. The first kappa shape index (κ1) is 20.0. The lowest BCUT2D eigenvalue weighted by Crippen LogP contribution is -2.26. The molecule has 0 radical (unpaired) electrons. The summed E-state index contributed by atoms with van der Waals surface area (Å²) in [6, 6.07) is 15.7. The summed E-state index contributed by atoms with van der Waals surface area (Å²) in [5, 5.41) is 9.24. The monoisotopic (exact) mass is 378 g/mol. The van der Waals surface area contributed by atoms with Crippen LogP contribution in [0.2, 0.25) is 0 Å². The molecule has 28 heavy (non-hydrogen) atoms. The Kier molecular flexibility index (Phi) is 6.05. The van der Waals surface area contributed by atoms with Gasteiger partial charge in [-0.15, -0.1) is 0 Å². The number of carbonyl (C=O) groups is 1. The van der Waals surface area contributed by atoms with Gasteiger partial charge < -0.3 is 10.0 Å². The number of rotatable bonds is 6. The lowest BCUT2D eigenvalue weighted by molar-refractivity contribution is -0.509. The summed E-state index contributed by atoms with van der Waals surface area (Å²) < 4.78 is 2.00. The third-order valence-electron chi connectivity index (χ3n) is 5.36. The predicted molar refractivity (Wildman–Crippen MR) is 114 cm³/mol. The van der Waals surface area contributed by atoms with Crippen LogP contribution < -0.4 is 4.90 Å². The van der Waals surface area contributed by atoms with E-state index in [0.717, 1.165) is 29.0 Å². The van der Waals surface area contributed by atoms with E-state index >= 15 is 0 Å². The van der Waals surface area contributed by atoms with E-state index in [1.54, 1.807) is 0 Å². The minimum absolute atomic E-state index is 0.0138. The molecule has 0 aromatic heterocycles. The summed E-state index contributed by atoms with van der Waals surface area (Å²) in [5.41, 5.74) is 5.05. The molecule has 0 spiro atoms. The number of aryl methyl sites for hydroxylation is 1. The number of hydrogen-bond donors (Lipinski definition) is 1. The molecule has 3 rings (SSSR count). The lowest BCUT2D eigenvalue weighted by Gasteiger charge is -2.22. The molecule has 5 heteroatoms. The van der Waals surface area contributed by atoms with Crippen LogP contribution >= 0.6 is 0 Å². The topological polar surface area (TPSA) is 55.9 Å². The van der Waals surface area contributed by atoms with Crippen molar-refractivity contribution < 1.29 is 14.5 Å². The molecule has 1 aliphatic heterocycles. The average molecular weight is 378 g/mol. The summed E-state index contributed by atoms with van der Waals surface area (Å²) in [6.45, 7) is 7.62. The van der Waals surface area contributed by atoms with Gasteiger partial charge in [0.1, 0.15) is 7.05 Å². The highest BCUT2D eigenvalue weighted by Gasteiger charge is 2.42. The average Bonchev–Trinajstić information content (AvgIpc) is 2.91. The number of likely N-dealkylation sites (N-methyl/N-ethyl adjacent to an activating group) is 1. The van der Waals surface area contributed by atoms with Crippen LogP contribution in [0.1, 0.15) is 25.0 Å². The van der Waals surface area contributed by atoms with E-state index in [9.17, 15) is 9.90 Å². The maximum atomic E-state index is 13.1. The summed E-state index contributed by atoms with van der Waals surface area (Å²) in [7, 11) is 1.94. The Labute approximate surface area is 166 Å². The van der Waals surface area contributed by atoms with E-state index in [1.807, 2.05) is 67.9 Å². The Bertz CT molecular complexity index is 932. The zero-order valence-electron chi connectivity index (χ0n) is 17.0. The Morgan fingerprint density at radius 1 is 1.18 bits per heavy atom. The lowest BCUT2D eigenvalue weighted by atomic mass is 10.0. The van der Waals surface area contributed by atoms with Gasteiger partial charge in [-0.1, -0.05) is 18.2 Å². The van der Waals surface area contributed by atoms with Gasteiger partial charge in [0.2, 0.25) is 0 Å². The number of aliphatic imine (C=N–C) groups is 1. The first-order valence-corrected chi connectivity index (χ1v) is 9.72. The molecule has 1 N–H and O–H groups in total. The van der Waals surface area contributed by atoms with Crippen molar-refractivity contribution >= 4 is 28.6 Å². The highest BCUT2D eigenvalue weighted by Crippen LogP contribution is 2.26. The molecule has 1 aliphatic rings. The standard InChI is InChI=1S/C23H28N3O2/c1-5-26(13-14-27)19-11-12-20(16(2)15-19)24-21-17(3)25(4)22(23(21)28)18-9-7-6-8-10-18/h6-12,15,17,27H,5,13-14H2,1-4H3/q+1. The van der Waals surface area contributed by atoms with Crippen LogP contribution in [0.3, 0.4) is 0 Å². The van der Waals surface area contributed by atoms with E-state index in [-0.39, 0.29) is 18.4 Å². The summed E-state index contributed by atoms with van der Waals surface area (Å²) >= 11 is 0. The molecule has 0 bridgehead atoms. The molecule has 1 unspecified atom stereocenters. The fourth-order valence-electron chi connectivity index (χ4n) is 3.61. The van der Waals surface area contributed by atoms with Crippen molar-refractivity contribution in [2.75, 3.05) is 31.6 Å². The molecule has 1 atom stereocenters. The van der Waals surface area contributed by atoms with Crippen LogP contribution in [0.5, 0.6) is 0 Å². The second kappa shape index (κ2) is 8.48. The fourth-order valence-corrected chi connectivity index (χ4v) is 3.61. The Balaban J connectivity index is 1.93.